The van der Waals surface area contributed by atoms with Gasteiger partial charge in [0.1, 0.15) is 0 Å². The lowest BCUT2D eigenvalue weighted by molar-refractivity contribution is 0.0574. The number of aliphatic hydroxyl groups excluding tert-OH is 1. The molecule has 0 radical (unpaired) electrons. The molecule has 0 unspecified atom stereocenters. The van der Waals surface area contributed by atoms with Crippen LogP contribution < -0.4 is 5.73 Å². The molecular weight excluding hydrogens is 228 g/mol. The van der Waals surface area contributed by atoms with Crippen LogP contribution in [0.4, 0.5) is 5.69 Å². The lowest BCUT2D eigenvalue weighted by Gasteiger charge is -2.35. The maximum atomic E-state index is 12.4. The molecule has 1 aromatic carbocycles. The van der Waals surface area contributed by atoms with Crippen LogP contribution in [0.3, 0.4) is 0 Å². The number of benzene rings is 1. The van der Waals surface area contributed by atoms with Crippen molar-refractivity contribution in [1.82, 2.24) is 4.90 Å². The Labute approximate surface area is 107 Å². The SMILES string of the molecule is Nc1cccc(C(=O)N2CCCC[C@H]2CCO)c1. The Hall–Kier alpha value is -1.55. The van der Waals surface area contributed by atoms with Crippen LogP contribution >= 0.6 is 0 Å². The molecule has 3 N–H and O–H groups in total. The largest absolute Gasteiger partial charge is 0.399 e. The molecule has 1 heterocycles. The van der Waals surface area contributed by atoms with Gasteiger partial charge in [-0.1, -0.05) is 6.07 Å². The minimum Gasteiger partial charge on any atom is -0.399 e. The Morgan fingerprint density at radius 3 is 3.00 bits per heavy atom. The standard InChI is InChI=1S/C14H20N2O2/c15-12-5-3-4-11(10-12)14(18)16-8-2-1-6-13(16)7-9-17/h3-5,10,13,17H,1-2,6-9,15H2/t13-/m0/s1. The third-order valence-corrected chi connectivity index (χ3v) is 3.48. The first-order valence-corrected chi connectivity index (χ1v) is 6.49. The highest BCUT2D eigenvalue weighted by molar-refractivity contribution is 5.95. The van der Waals surface area contributed by atoms with Gasteiger partial charge in [0.25, 0.3) is 5.91 Å². The topological polar surface area (TPSA) is 66.6 Å². The van der Waals surface area contributed by atoms with Crippen molar-refractivity contribution in [2.75, 3.05) is 18.9 Å². The predicted molar refractivity (Wildman–Crippen MR) is 71.2 cm³/mol. The van der Waals surface area contributed by atoms with Crippen LogP contribution in [0.15, 0.2) is 24.3 Å². The fourth-order valence-electron chi connectivity index (χ4n) is 2.55. The Morgan fingerprint density at radius 2 is 2.28 bits per heavy atom. The molecule has 1 aliphatic rings. The number of hydrogen-bond acceptors (Lipinski definition) is 3. The van der Waals surface area contributed by atoms with E-state index in [9.17, 15) is 4.79 Å². The van der Waals surface area contributed by atoms with E-state index in [2.05, 4.69) is 0 Å². The van der Waals surface area contributed by atoms with Crippen molar-refractivity contribution < 1.29 is 9.90 Å². The van der Waals surface area contributed by atoms with E-state index in [1.807, 2.05) is 4.90 Å². The molecule has 4 heteroatoms. The summed E-state index contributed by atoms with van der Waals surface area (Å²) in [5.41, 5.74) is 6.96. The normalized spacial score (nSPS) is 19.8. The van der Waals surface area contributed by atoms with Crippen molar-refractivity contribution in [3.63, 3.8) is 0 Å². The van der Waals surface area contributed by atoms with Gasteiger partial charge >= 0.3 is 0 Å². The van der Waals surface area contributed by atoms with E-state index in [1.54, 1.807) is 24.3 Å². The van der Waals surface area contributed by atoms with Gasteiger partial charge in [0.2, 0.25) is 0 Å². The second-order valence-electron chi connectivity index (χ2n) is 4.79. The first kappa shape index (κ1) is 12.9. The van der Waals surface area contributed by atoms with Crippen LogP contribution in [0.5, 0.6) is 0 Å². The highest BCUT2D eigenvalue weighted by atomic mass is 16.3. The molecule has 0 aliphatic carbocycles. The number of rotatable bonds is 3. The van der Waals surface area contributed by atoms with Crippen LogP contribution in [0.25, 0.3) is 0 Å². The molecule has 1 aliphatic heterocycles. The fourth-order valence-corrected chi connectivity index (χ4v) is 2.55. The third-order valence-electron chi connectivity index (χ3n) is 3.48. The zero-order chi connectivity index (χ0) is 13.0. The lowest BCUT2D eigenvalue weighted by Crippen LogP contribution is -2.44. The number of carbonyl (C=O) groups is 1. The highest BCUT2D eigenvalue weighted by Crippen LogP contribution is 2.22. The number of nitrogens with two attached hydrogens (primary N) is 1. The first-order valence-electron chi connectivity index (χ1n) is 6.49. The van der Waals surface area contributed by atoms with Crippen molar-refractivity contribution in [3.8, 4) is 0 Å². The van der Waals surface area contributed by atoms with Crippen molar-refractivity contribution in [3.05, 3.63) is 29.8 Å². The van der Waals surface area contributed by atoms with Crippen LogP contribution in [0.2, 0.25) is 0 Å². The second kappa shape index (κ2) is 5.87. The zero-order valence-corrected chi connectivity index (χ0v) is 10.5. The van der Waals surface area contributed by atoms with Crippen LogP contribution in [-0.2, 0) is 0 Å². The molecule has 1 amide bonds. The number of carbonyl (C=O) groups excluding carboxylic acids is 1. The molecule has 0 spiro atoms. The van der Waals surface area contributed by atoms with Crippen molar-refractivity contribution >= 4 is 11.6 Å². The fraction of sp³-hybridized carbons (Fsp3) is 0.500. The maximum Gasteiger partial charge on any atom is 0.254 e. The average Bonchev–Trinajstić information content (AvgIpc) is 2.39. The van der Waals surface area contributed by atoms with Gasteiger partial charge in [0.15, 0.2) is 0 Å². The summed E-state index contributed by atoms with van der Waals surface area (Å²) in [6, 6.07) is 7.25. The molecule has 1 atom stereocenters. The zero-order valence-electron chi connectivity index (χ0n) is 10.5. The highest BCUT2D eigenvalue weighted by Gasteiger charge is 2.26. The predicted octanol–water partition coefficient (Wildman–Crippen LogP) is 1.65. The van der Waals surface area contributed by atoms with E-state index in [0.29, 0.717) is 17.7 Å². The summed E-state index contributed by atoms with van der Waals surface area (Å²) in [6.07, 6.45) is 3.81. The van der Waals surface area contributed by atoms with E-state index >= 15 is 0 Å². The number of nitrogens with zero attached hydrogens (tertiary/aromatic N) is 1. The molecule has 18 heavy (non-hydrogen) atoms. The summed E-state index contributed by atoms with van der Waals surface area (Å²) in [7, 11) is 0. The average molecular weight is 248 g/mol. The van der Waals surface area contributed by atoms with E-state index in [0.717, 1.165) is 25.8 Å². The summed E-state index contributed by atoms with van der Waals surface area (Å²) in [5, 5.41) is 9.07. The van der Waals surface area contributed by atoms with Crippen molar-refractivity contribution in [2.45, 2.75) is 31.7 Å². The number of nitrogen functional groups attached to an aromatic ring is 1. The van der Waals surface area contributed by atoms with Crippen LogP contribution in [0, 0.1) is 0 Å². The minimum absolute atomic E-state index is 0.0282. The van der Waals surface area contributed by atoms with Gasteiger partial charge in [-0.3, -0.25) is 4.79 Å². The molecule has 0 aromatic heterocycles. The maximum absolute atomic E-state index is 12.4. The Balaban J connectivity index is 2.15. The van der Waals surface area contributed by atoms with Gasteiger partial charge in [-0.2, -0.15) is 0 Å². The first-order chi connectivity index (χ1) is 8.72. The molecule has 4 nitrogen and oxygen atoms in total. The monoisotopic (exact) mass is 248 g/mol. The van der Waals surface area contributed by atoms with E-state index in [-0.39, 0.29) is 18.6 Å². The number of anilines is 1. The molecule has 0 saturated carbocycles. The minimum atomic E-state index is 0.0282. The number of piperidine rings is 1. The van der Waals surface area contributed by atoms with Gasteiger partial charge in [0.05, 0.1) is 0 Å². The van der Waals surface area contributed by atoms with Crippen LogP contribution in [-0.4, -0.2) is 35.1 Å². The van der Waals surface area contributed by atoms with Crippen molar-refractivity contribution in [2.24, 2.45) is 0 Å². The number of amides is 1. The Bertz CT molecular complexity index is 418. The molecule has 2 rings (SSSR count). The quantitative estimate of drug-likeness (QED) is 0.799. The number of aliphatic hydroxyl groups is 1. The van der Waals surface area contributed by atoms with Crippen LogP contribution in [0.1, 0.15) is 36.0 Å². The van der Waals surface area contributed by atoms with Crippen molar-refractivity contribution in [1.29, 1.82) is 0 Å². The smallest absolute Gasteiger partial charge is 0.254 e. The molecule has 1 fully saturated rings. The lowest BCUT2D eigenvalue weighted by atomic mass is 9.98. The third kappa shape index (κ3) is 2.82. The van der Waals surface area contributed by atoms with Gasteiger partial charge in [-0.05, 0) is 43.9 Å². The molecule has 1 aromatic rings. The second-order valence-corrected chi connectivity index (χ2v) is 4.79. The summed E-state index contributed by atoms with van der Waals surface area (Å²) in [6.45, 7) is 0.906. The number of hydrogen-bond donors (Lipinski definition) is 2. The summed E-state index contributed by atoms with van der Waals surface area (Å²) < 4.78 is 0. The van der Waals surface area contributed by atoms with E-state index in [1.165, 1.54) is 0 Å². The molecule has 0 bridgehead atoms. The molecular formula is C14H20N2O2. The summed E-state index contributed by atoms with van der Waals surface area (Å²) >= 11 is 0. The number of likely N-dealkylation sites (tertiary alicyclic amines) is 1. The Morgan fingerprint density at radius 1 is 1.44 bits per heavy atom. The molecule has 1 saturated heterocycles. The Kier molecular flexibility index (Phi) is 4.20. The summed E-state index contributed by atoms with van der Waals surface area (Å²) in [4.78, 5) is 14.3. The van der Waals surface area contributed by atoms with Gasteiger partial charge < -0.3 is 15.7 Å². The van der Waals surface area contributed by atoms with Gasteiger partial charge in [-0.25, -0.2) is 0 Å². The van der Waals surface area contributed by atoms with Gasteiger partial charge in [-0.15, -0.1) is 0 Å². The van der Waals surface area contributed by atoms with Gasteiger partial charge in [0, 0.05) is 30.4 Å². The van der Waals surface area contributed by atoms with E-state index < -0.39 is 0 Å². The van der Waals surface area contributed by atoms with E-state index in [4.69, 9.17) is 10.8 Å². The molecule has 98 valence electrons. The summed E-state index contributed by atoms with van der Waals surface area (Å²) in [5.74, 6) is 0.0282.